The molecule has 0 saturated carbocycles. The molecule has 110 valence electrons. The number of nitrogens with zero attached hydrogens (tertiary/aromatic N) is 1. The van der Waals surface area contributed by atoms with E-state index in [0.717, 1.165) is 17.8 Å². The third-order valence-corrected chi connectivity index (χ3v) is 3.43. The molecule has 7 heteroatoms. The van der Waals surface area contributed by atoms with Gasteiger partial charge in [0.2, 0.25) is 0 Å². The summed E-state index contributed by atoms with van der Waals surface area (Å²) in [6.07, 6.45) is 0.941. The lowest BCUT2D eigenvalue weighted by Crippen LogP contribution is -2.20. The highest BCUT2D eigenvalue weighted by molar-refractivity contribution is 7.14. The van der Waals surface area contributed by atoms with Crippen molar-refractivity contribution in [3.63, 3.8) is 0 Å². The fourth-order valence-electron chi connectivity index (χ4n) is 1.55. The van der Waals surface area contributed by atoms with Gasteiger partial charge in [-0.05, 0) is 24.1 Å². The van der Waals surface area contributed by atoms with Gasteiger partial charge in [0, 0.05) is 5.38 Å². The number of aryl methyl sites for hydroxylation is 1. The predicted octanol–water partition coefficient (Wildman–Crippen LogP) is 2.42. The van der Waals surface area contributed by atoms with E-state index in [9.17, 15) is 9.59 Å². The predicted molar refractivity (Wildman–Crippen MR) is 79.0 cm³/mol. The number of thiazole rings is 1. The van der Waals surface area contributed by atoms with Crippen molar-refractivity contribution in [1.82, 2.24) is 4.98 Å². The lowest BCUT2D eigenvalue weighted by molar-refractivity contribution is -0.118. The van der Waals surface area contributed by atoms with E-state index in [1.165, 1.54) is 10.9 Å². The van der Waals surface area contributed by atoms with Crippen molar-refractivity contribution in [2.45, 2.75) is 13.3 Å². The number of carbonyl (C=O) groups is 2. The van der Waals surface area contributed by atoms with E-state index >= 15 is 0 Å². The highest BCUT2D eigenvalue weighted by Gasteiger charge is 2.11. The molecule has 0 aliphatic carbocycles. The highest BCUT2D eigenvalue weighted by Crippen LogP contribution is 2.16. The summed E-state index contributed by atoms with van der Waals surface area (Å²) in [4.78, 5) is 26.1. The van der Waals surface area contributed by atoms with Crippen LogP contribution < -0.4 is 10.1 Å². The van der Waals surface area contributed by atoms with Crippen molar-refractivity contribution >= 4 is 28.3 Å². The van der Waals surface area contributed by atoms with Gasteiger partial charge in [0.05, 0.1) is 0 Å². The number of hydrogen-bond donors (Lipinski definition) is 2. The Balaban J connectivity index is 1.84. The van der Waals surface area contributed by atoms with Gasteiger partial charge in [-0.15, -0.1) is 11.3 Å². The Morgan fingerprint density at radius 3 is 2.62 bits per heavy atom. The summed E-state index contributed by atoms with van der Waals surface area (Å²) in [6, 6.07) is 7.48. The summed E-state index contributed by atoms with van der Waals surface area (Å²) < 4.78 is 5.34. The molecule has 0 bridgehead atoms. The molecule has 21 heavy (non-hydrogen) atoms. The van der Waals surface area contributed by atoms with Crippen molar-refractivity contribution in [1.29, 1.82) is 0 Å². The van der Waals surface area contributed by atoms with Gasteiger partial charge >= 0.3 is 5.97 Å². The molecule has 0 unspecified atom stereocenters. The van der Waals surface area contributed by atoms with Crippen molar-refractivity contribution in [3.8, 4) is 5.75 Å². The van der Waals surface area contributed by atoms with E-state index < -0.39 is 5.97 Å². The Kier molecular flexibility index (Phi) is 4.89. The van der Waals surface area contributed by atoms with E-state index in [4.69, 9.17) is 9.84 Å². The third kappa shape index (κ3) is 4.28. The van der Waals surface area contributed by atoms with E-state index in [0.29, 0.717) is 5.75 Å². The van der Waals surface area contributed by atoms with Crippen LogP contribution in [0.1, 0.15) is 23.0 Å². The molecule has 1 heterocycles. The first-order valence-electron chi connectivity index (χ1n) is 6.29. The zero-order valence-corrected chi connectivity index (χ0v) is 12.1. The molecule has 0 spiro atoms. The number of carboxylic acids is 1. The number of aromatic nitrogens is 1. The summed E-state index contributed by atoms with van der Waals surface area (Å²) in [5.74, 6) is -0.910. The fraction of sp³-hybridized carbons (Fsp3) is 0.214. The Labute approximate surface area is 125 Å². The third-order valence-electron chi connectivity index (χ3n) is 2.67. The Hall–Kier alpha value is -2.41. The van der Waals surface area contributed by atoms with Gasteiger partial charge < -0.3 is 9.84 Å². The van der Waals surface area contributed by atoms with Crippen molar-refractivity contribution in [3.05, 3.63) is 40.9 Å². The maximum atomic E-state index is 11.7. The standard InChI is InChI=1S/C14H14N2O4S/c1-2-9-3-5-10(6-4-9)20-7-12(17)16-14-15-11(8-21-14)13(18)19/h3-6,8H,2,7H2,1H3,(H,18,19)(H,15,16,17). The first-order chi connectivity index (χ1) is 10.1. The second-order valence-electron chi connectivity index (χ2n) is 4.18. The summed E-state index contributed by atoms with van der Waals surface area (Å²) in [6.45, 7) is 1.90. The van der Waals surface area contributed by atoms with E-state index in [2.05, 4.69) is 17.2 Å². The first-order valence-corrected chi connectivity index (χ1v) is 7.17. The molecule has 1 aromatic heterocycles. The monoisotopic (exact) mass is 306 g/mol. The van der Waals surface area contributed by atoms with Crippen molar-refractivity contribution < 1.29 is 19.4 Å². The number of anilines is 1. The smallest absolute Gasteiger partial charge is 0.355 e. The van der Waals surface area contributed by atoms with Gasteiger partial charge in [0.1, 0.15) is 5.75 Å². The number of benzene rings is 1. The number of amides is 1. The van der Waals surface area contributed by atoms with Crippen LogP contribution in [0.5, 0.6) is 5.75 Å². The largest absolute Gasteiger partial charge is 0.484 e. The first kappa shape index (κ1) is 15.0. The number of hydrogen-bond acceptors (Lipinski definition) is 5. The maximum Gasteiger partial charge on any atom is 0.355 e. The van der Waals surface area contributed by atoms with E-state index in [1.807, 2.05) is 12.1 Å². The van der Waals surface area contributed by atoms with Crippen LogP contribution in [0.15, 0.2) is 29.6 Å². The normalized spacial score (nSPS) is 10.1. The van der Waals surface area contributed by atoms with Gasteiger partial charge in [-0.1, -0.05) is 19.1 Å². The molecular formula is C14H14N2O4S. The maximum absolute atomic E-state index is 11.7. The zero-order chi connectivity index (χ0) is 15.2. The van der Waals surface area contributed by atoms with Gasteiger partial charge in [0.25, 0.3) is 5.91 Å². The Bertz CT molecular complexity index is 637. The quantitative estimate of drug-likeness (QED) is 0.855. The molecule has 2 rings (SSSR count). The molecule has 0 saturated heterocycles. The van der Waals surface area contributed by atoms with Crippen LogP contribution >= 0.6 is 11.3 Å². The molecule has 1 amide bonds. The molecule has 0 radical (unpaired) electrons. The van der Waals surface area contributed by atoms with Gasteiger partial charge in [0.15, 0.2) is 17.4 Å². The van der Waals surface area contributed by atoms with Crippen LogP contribution in [0.4, 0.5) is 5.13 Å². The Morgan fingerprint density at radius 1 is 1.33 bits per heavy atom. The minimum absolute atomic E-state index is 0.0913. The van der Waals surface area contributed by atoms with Gasteiger partial charge in [-0.25, -0.2) is 9.78 Å². The topological polar surface area (TPSA) is 88.5 Å². The SMILES string of the molecule is CCc1ccc(OCC(=O)Nc2nc(C(=O)O)cs2)cc1. The number of aromatic carboxylic acids is 1. The van der Waals surface area contributed by atoms with Crippen LogP contribution in [0.25, 0.3) is 0 Å². The number of nitrogens with one attached hydrogen (secondary N) is 1. The number of carboxylic acid groups (broad SMARTS) is 1. The average Bonchev–Trinajstić information content (AvgIpc) is 2.94. The van der Waals surface area contributed by atoms with Crippen molar-refractivity contribution in [2.24, 2.45) is 0 Å². The second-order valence-corrected chi connectivity index (χ2v) is 5.04. The van der Waals surface area contributed by atoms with E-state index in [1.54, 1.807) is 12.1 Å². The van der Waals surface area contributed by atoms with Crippen LogP contribution in [0, 0.1) is 0 Å². The molecule has 2 N–H and O–H groups in total. The van der Waals surface area contributed by atoms with Gasteiger partial charge in [-0.2, -0.15) is 0 Å². The molecule has 2 aromatic rings. The molecule has 0 aliphatic rings. The summed E-state index contributed by atoms with van der Waals surface area (Å²) in [5, 5.41) is 12.8. The fourth-order valence-corrected chi connectivity index (χ4v) is 2.26. The highest BCUT2D eigenvalue weighted by atomic mass is 32.1. The lowest BCUT2D eigenvalue weighted by atomic mass is 10.2. The van der Waals surface area contributed by atoms with Crippen LogP contribution in [0.2, 0.25) is 0 Å². The average molecular weight is 306 g/mol. The Morgan fingerprint density at radius 2 is 2.05 bits per heavy atom. The summed E-state index contributed by atoms with van der Waals surface area (Å²) in [7, 11) is 0. The van der Waals surface area contributed by atoms with Gasteiger partial charge in [-0.3, -0.25) is 10.1 Å². The summed E-state index contributed by atoms with van der Waals surface area (Å²) in [5.41, 5.74) is 1.10. The molecule has 0 atom stereocenters. The minimum Gasteiger partial charge on any atom is -0.484 e. The summed E-state index contributed by atoms with van der Waals surface area (Å²) >= 11 is 1.05. The lowest BCUT2D eigenvalue weighted by Gasteiger charge is -2.06. The molecular weight excluding hydrogens is 292 g/mol. The van der Waals surface area contributed by atoms with Crippen LogP contribution in [-0.4, -0.2) is 28.6 Å². The van der Waals surface area contributed by atoms with Crippen LogP contribution in [0.3, 0.4) is 0 Å². The zero-order valence-electron chi connectivity index (χ0n) is 11.3. The number of carbonyl (C=O) groups excluding carboxylic acids is 1. The number of ether oxygens (including phenoxy) is 1. The molecule has 6 nitrogen and oxygen atoms in total. The molecule has 0 aliphatic heterocycles. The molecule has 0 fully saturated rings. The number of rotatable bonds is 6. The van der Waals surface area contributed by atoms with Crippen molar-refractivity contribution in [2.75, 3.05) is 11.9 Å². The molecule has 1 aromatic carbocycles. The minimum atomic E-state index is -1.13. The van der Waals surface area contributed by atoms with Crippen LogP contribution in [-0.2, 0) is 11.2 Å². The van der Waals surface area contributed by atoms with E-state index in [-0.39, 0.29) is 23.3 Å². The second kappa shape index (κ2) is 6.85.